The Balaban J connectivity index is 2.62. The number of benzene rings is 1. The number of methoxy groups -OCH3 is 1. The van der Waals surface area contributed by atoms with Gasteiger partial charge in [0.1, 0.15) is 5.75 Å². The number of hydrogen-bond donors (Lipinski definition) is 2. The Bertz CT molecular complexity index is 438. The highest BCUT2D eigenvalue weighted by Gasteiger charge is 2.20. The van der Waals surface area contributed by atoms with E-state index in [0.29, 0.717) is 6.54 Å². The van der Waals surface area contributed by atoms with E-state index in [9.17, 15) is 4.79 Å². The van der Waals surface area contributed by atoms with Crippen LogP contribution in [0.1, 0.15) is 39.2 Å². The molecule has 0 spiro atoms. The molecule has 0 aliphatic carbocycles. The second kappa shape index (κ2) is 7.29. The van der Waals surface area contributed by atoms with E-state index in [-0.39, 0.29) is 17.9 Å². The van der Waals surface area contributed by atoms with Gasteiger partial charge >= 0.3 is 5.97 Å². The van der Waals surface area contributed by atoms with Crippen LogP contribution in [0.15, 0.2) is 24.3 Å². The van der Waals surface area contributed by atoms with Gasteiger partial charge in [0, 0.05) is 12.6 Å². The molecule has 112 valence electrons. The molecule has 0 aromatic heterocycles. The molecule has 0 aliphatic rings. The minimum atomic E-state index is -0.766. The quantitative estimate of drug-likeness (QED) is 0.805. The van der Waals surface area contributed by atoms with Crippen molar-refractivity contribution in [3.8, 4) is 5.75 Å². The van der Waals surface area contributed by atoms with Gasteiger partial charge in [-0.05, 0) is 29.5 Å². The highest BCUT2D eigenvalue weighted by atomic mass is 16.5. The normalized spacial score (nSPS) is 13.0. The number of ether oxygens (including phenoxy) is 1. The Kier molecular flexibility index (Phi) is 6.02. The first-order chi connectivity index (χ1) is 9.30. The highest BCUT2D eigenvalue weighted by molar-refractivity contribution is 5.67. The number of carbonyl (C=O) groups is 1. The van der Waals surface area contributed by atoms with Crippen LogP contribution < -0.4 is 10.1 Å². The van der Waals surface area contributed by atoms with Crippen molar-refractivity contribution in [2.45, 2.75) is 46.2 Å². The number of nitrogens with one attached hydrogen (secondary N) is 1. The summed E-state index contributed by atoms with van der Waals surface area (Å²) < 4.78 is 5.18. The second-order valence-electron chi connectivity index (χ2n) is 6.29. The molecule has 20 heavy (non-hydrogen) atoms. The SMILES string of the molecule is COc1cccc(CNC(CC(=O)O)CC(C)(C)C)c1. The standard InChI is InChI=1S/C16H25NO3/c1-16(2,3)10-13(9-15(18)19)17-11-12-6-5-7-14(8-12)20-4/h5-8,13,17H,9-11H2,1-4H3,(H,18,19). The maximum Gasteiger partial charge on any atom is 0.304 e. The van der Waals surface area contributed by atoms with E-state index < -0.39 is 5.97 Å². The predicted molar refractivity (Wildman–Crippen MR) is 79.9 cm³/mol. The summed E-state index contributed by atoms with van der Waals surface area (Å²) in [5.41, 5.74) is 1.19. The van der Waals surface area contributed by atoms with Crippen LogP contribution in [0.25, 0.3) is 0 Å². The minimum Gasteiger partial charge on any atom is -0.497 e. The Morgan fingerprint density at radius 1 is 1.40 bits per heavy atom. The third-order valence-electron chi connectivity index (χ3n) is 3.01. The van der Waals surface area contributed by atoms with Gasteiger partial charge in [0.05, 0.1) is 13.5 Å². The molecule has 1 rings (SSSR count). The van der Waals surface area contributed by atoms with Crippen molar-refractivity contribution in [1.82, 2.24) is 5.32 Å². The third kappa shape index (κ3) is 6.57. The predicted octanol–water partition coefficient (Wildman–Crippen LogP) is 3.06. The summed E-state index contributed by atoms with van der Waals surface area (Å²) >= 11 is 0. The van der Waals surface area contributed by atoms with Gasteiger partial charge in [-0.3, -0.25) is 4.79 Å². The topological polar surface area (TPSA) is 58.6 Å². The Labute approximate surface area is 121 Å². The van der Waals surface area contributed by atoms with Gasteiger partial charge in [-0.1, -0.05) is 32.9 Å². The Morgan fingerprint density at radius 3 is 2.65 bits per heavy atom. The highest BCUT2D eigenvalue weighted by Crippen LogP contribution is 2.22. The molecule has 0 bridgehead atoms. The summed E-state index contributed by atoms with van der Waals surface area (Å²) in [4.78, 5) is 10.9. The summed E-state index contributed by atoms with van der Waals surface area (Å²) in [5.74, 6) is 0.0484. The smallest absolute Gasteiger partial charge is 0.304 e. The molecule has 0 saturated heterocycles. The first-order valence-electron chi connectivity index (χ1n) is 6.88. The van der Waals surface area contributed by atoms with Crippen molar-refractivity contribution in [3.05, 3.63) is 29.8 Å². The number of aliphatic carboxylic acids is 1. The average Bonchev–Trinajstić information content (AvgIpc) is 2.34. The molecular formula is C16H25NO3. The number of rotatable bonds is 7. The molecule has 0 amide bonds. The Hall–Kier alpha value is -1.55. The van der Waals surface area contributed by atoms with E-state index in [1.54, 1.807) is 7.11 Å². The summed E-state index contributed by atoms with van der Waals surface area (Å²) in [6, 6.07) is 7.77. The van der Waals surface area contributed by atoms with E-state index in [0.717, 1.165) is 17.7 Å². The maximum atomic E-state index is 10.9. The lowest BCUT2D eigenvalue weighted by molar-refractivity contribution is -0.137. The first-order valence-corrected chi connectivity index (χ1v) is 6.88. The van der Waals surface area contributed by atoms with Crippen LogP contribution in [0, 0.1) is 5.41 Å². The molecule has 1 atom stereocenters. The number of carboxylic acids is 1. The van der Waals surface area contributed by atoms with E-state index >= 15 is 0 Å². The maximum absolute atomic E-state index is 10.9. The first kappa shape index (κ1) is 16.5. The van der Waals surface area contributed by atoms with Gasteiger partial charge in [0.2, 0.25) is 0 Å². The van der Waals surface area contributed by atoms with Crippen LogP contribution in [0.2, 0.25) is 0 Å². The zero-order valence-electron chi connectivity index (χ0n) is 12.8. The van der Waals surface area contributed by atoms with Gasteiger partial charge in [0.15, 0.2) is 0 Å². The van der Waals surface area contributed by atoms with Crippen molar-refractivity contribution in [3.63, 3.8) is 0 Å². The molecule has 1 unspecified atom stereocenters. The lowest BCUT2D eigenvalue weighted by atomic mass is 9.87. The second-order valence-corrected chi connectivity index (χ2v) is 6.29. The lowest BCUT2D eigenvalue weighted by Gasteiger charge is -2.26. The van der Waals surface area contributed by atoms with Gasteiger partial charge in [0.25, 0.3) is 0 Å². The van der Waals surface area contributed by atoms with Gasteiger partial charge in [-0.25, -0.2) is 0 Å². The molecule has 2 N–H and O–H groups in total. The molecule has 0 aliphatic heterocycles. The summed E-state index contributed by atoms with van der Waals surface area (Å²) in [6.07, 6.45) is 0.963. The lowest BCUT2D eigenvalue weighted by Crippen LogP contribution is -2.34. The monoisotopic (exact) mass is 279 g/mol. The largest absolute Gasteiger partial charge is 0.497 e. The van der Waals surface area contributed by atoms with Crippen molar-refractivity contribution in [2.24, 2.45) is 5.41 Å². The molecule has 0 radical (unpaired) electrons. The molecule has 1 aromatic carbocycles. The molecular weight excluding hydrogens is 254 g/mol. The molecule has 4 nitrogen and oxygen atoms in total. The van der Waals surface area contributed by atoms with Gasteiger partial charge in [-0.2, -0.15) is 0 Å². The summed E-state index contributed by atoms with van der Waals surface area (Å²) in [7, 11) is 1.64. The average molecular weight is 279 g/mol. The fourth-order valence-corrected chi connectivity index (χ4v) is 2.21. The zero-order valence-corrected chi connectivity index (χ0v) is 12.8. The molecule has 0 saturated carbocycles. The van der Waals surface area contributed by atoms with Crippen LogP contribution in [0.4, 0.5) is 0 Å². The minimum absolute atomic E-state index is 0.0290. The Morgan fingerprint density at radius 2 is 2.10 bits per heavy atom. The van der Waals surface area contributed by atoms with E-state index in [1.807, 2.05) is 24.3 Å². The van der Waals surface area contributed by atoms with Crippen LogP contribution in [0.3, 0.4) is 0 Å². The number of carboxylic acid groups (broad SMARTS) is 1. The van der Waals surface area contributed by atoms with E-state index in [2.05, 4.69) is 26.1 Å². The van der Waals surface area contributed by atoms with Crippen LogP contribution in [-0.4, -0.2) is 24.2 Å². The molecule has 0 fully saturated rings. The number of hydrogen-bond acceptors (Lipinski definition) is 3. The van der Waals surface area contributed by atoms with Crippen LogP contribution in [0.5, 0.6) is 5.75 Å². The van der Waals surface area contributed by atoms with E-state index in [1.165, 1.54) is 0 Å². The van der Waals surface area contributed by atoms with Gasteiger partial charge in [-0.15, -0.1) is 0 Å². The molecule has 1 aromatic rings. The van der Waals surface area contributed by atoms with Crippen molar-refractivity contribution < 1.29 is 14.6 Å². The summed E-state index contributed by atoms with van der Waals surface area (Å²) in [5, 5.41) is 12.3. The summed E-state index contributed by atoms with van der Waals surface area (Å²) in [6.45, 7) is 7.00. The van der Waals surface area contributed by atoms with Gasteiger partial charge < -0.3 is 15.2 Å². The van der Waals surface area contributed by atoms with E-state index in [4.69, 9.17) is 9.84 Å². The molecule has 4 heteroatoms. The fraction of sp³-hybridized carbons (Fsp3) is 0.562. The van der Waals surface area contributed by atoms with Crippen molar-refractivity contribution in [1.29, 1.82) is 0 Å². The van der Waals surface area contributed by atoms with Crippen molar-refractivity contribution >= 4 is 5.97 Å². The third-order valence-corrected chi connectivity index (χ3v) is 3.01. The molecule has 0 heterocycles. The van der Waals surface area contributed by atoms with Crippen molar-refractivity contribution in [2.75, 3.05) is 7.11 Å². The van der Waals surface area contributed by atoms with Crippen LogP contribution in [-0.2, 0) is 11.3 Å². The van der Waals surface area contributed by atoms with Crippen LogP contribution >= 0.6 is 0 Å². The fourth-order valence-electron chi connectivity index (χ4n) is 2.21. The zero-order chi connectivity index (χ0) is 15.2.